The van der Waals surface area contributed by atoms with E-state index in [0.717, 1.165) is 51.6 Å². The van der Waals surface area contributed by atoms with Crippen molar-refractivity contribution >= 4 is 12.6 Å². The fraction of sp³-hybridized carbons (Fsp3) is 1.00. The van der Waals surface area contributed by atoms with Crippen LogP contribution in [0.2, 0.25) is 0 Å². The van der Waals surface area contributed by atoms with Gasteiger partial charge >= 0.3 is 0 Å². The van der Waals surface area contributed by atoms with Crippen LogP contribution in [-0.4, -0.2) is 56.2 Å². The van der Waals surface area contributed by atoms with Crippen molar-refractivity contribution in [3.8, 4) is 0 Å². The highest BCUT2D eigenvalue weighted by molar-refractivity contribution is 7.80. The van der Waals surface area contributed by atoms with E-state index >= 15 is 0 Å². The molecule has 2 heterocycles. The lowest BCUT2D eigenvalue weighted by atomic mass is 9.81. The second-order valence-electron chi connectivity index (χ2n) is 5.38. The number of thiol groups is 1. The first kappa shape index (κ1) is 13.7. The fourth-order valence-corrected chi connectivity index (χ4v) is 3.29. The predicted octanol–water partition coefficient (Wildman–Crippen LogP) is 1.82. The zero-order valence-electron chi connectivity index (χ0n) is 10.9. The molecular formula is C13H25NO2S. The molecule has 2 saturated heterocycles. The first-order valence-corrected chi connectivity index (χ1v) is 7.43. The highest BCUT2D eigenvalue weighted by Crippen LogP contribution is 2.33. The zero-order valence-corrected chi connectivity index (χ0v) is 11.8. The van der Waals surface area contributed by atoms with Crippen LogP contribution < -0.4 is 0 Å². The van der Waals surface area contributed by atoms with Gasteiger partial charge in [0.25, 0.3) is 0 Å². The van der Waals surface area contributed by atoms with Crippen LogP contribution in [0, 0.1) is 5.41 Å². The third-order valence-electron chi connectivity index (χ3n) is 4.25. The van der Waals surface area contributed by atoms with Gasteiger partial charge in [-0.2, -0.15) is 12.6 Å². The van der Waals surface area contributed by atoms with E-state index in [4.69, 9.17) is 9.47 Å². The molecule has 0 radical (unpaired) electrons. The predicted molar refractivity (Wildman–Crippen MR) is 72.8 cm³/mol. The van der Waals surface area contributed by atoms with Crippen molar-refractivity contribution in [2.45, 2.75) is 32.2 Å². The lowest BCUT2D eigenvalue weighted by Crippen LogP contribution is -2.51. The minimum absolute atomic E-state index is 0.367. The maximum Gasteiger partial charge on any atom is 0.0622 e. The van der Waals surface area contributed by atoms with Crippen LogP contribution in [0.3, 0.4) is 0 Å². The van der Waals surface area contributed by atoms with E-state index in [1.165, 1.54) is 13.0 Å². The minimum atomic E-state index is 0.367. The standard InChI is InChI=1S/C13H25NO2S/c1-2-12-9-16-8-5-14(12)10-13(11-17)3-6-15-7-4-13/h12,17H,2-11H2,1H3. The average molecular weight is 259 g/mol. The van der Waals surface area contributed by atoms with Crippen LogP contribution in [0.15, 0.2) is 0 Å². The third kappa shape index (κ3) is 3.37. The summed E-state index contributed by atoms with van der Waals surface area (Å²) in [5.74, 6) is 0.976. The molecule has 3 nitrogen and oxygen atoms in total. The molecule has 2 aliphatic rings. The van der Waals surface area contributed by atoms with Crippen molar-refractivity contribution in [3.63, 3.8) is 0 Å². The molecule has 0 aromatic rings. The Morgan fingerprint density at radius 1 is 1.24 bits per heavy atom. The summed E-state index contributed by atoms with van der Waals surface area (Å²) in [6, 6.07) is 0.600. The molecule has 0 amide bonds. The largest absolute Gasteiger partial charge is 0.381 e. The quantitative estimate of drug-likeness (QED) is 0.779. The van der Waals surface area contributed by atoms with Gasteiger partial charge in [0.05, 0.1) is 13.2 Å². The summed E-state index contributed by atoms with van der Waals surface area (Å²) in [7, 11) is 0. The van der Waals surface area contributed by atoms with Gasteiger partial charge in [-0.3, -0.25) is 4.90 Å². The highest BCUT2D eigenvalue weighted by Gasteiger charge is 2.35. The minimum Gasteiger partial charge on any atom is -0.381 e. The van der Waals surface area contributed by atoms with Crippen molar-refractivity contribution in [1.29, 1.82) is 0 Å². The summed E-state index contributed by atoms with van der Waals surface area (Å²) >= 11 is 4.59. The van der Waals surface area contributed by atoms with E-state index < -0.39 is 0 Å². The molecule has 0 N–H and O–H groups in total. The van der Waals surface area contributed by atoms with Crippen molar-refractivity contribution < 1.29 is 9.47 Å². The molecule has 0 saturated carbocycles. The van der Waals surface area contributed by atoms with Gasteiger partial charge < -0.3 is 9.47 Å². The summed E-state index contributed by atoms with van der Waals surface area (Å²) in [4.78, 5) is 2.62. The first-order chi connectivity index (χ1) is 8.29. The summed E-state index contributed by atoms with van der Waals surface area (Å²) < 4.78 is 11.1. The second kappa shape index (κ2) is 6.41. The Hall–Kier alpha value is 0.230. The Labute approximate surface area is 110 Å². The molecule has 0 aromatic heterocycles. The van der Waals surface area contributed by atoms with Gasteiger partial charge in [-0.05, 0) is 30.4 Å². The smallest absolute Gasteiger partial charge is 0.0622 e. The molecule has 17 heavy (non-hydrogen) atoms. The van der Waals surface area contributed by atoms with E-state index in [-0.39, 0.29) is 0 Å². The van der Waals surface area contributed by atoms with Gasteiger partial charge in [0, 0.05) is 32.3 Å². The van der Waals surface area contributed by atoms with Crippen molar-refractivity contribution in [2.24, 2.45) is 5.41 Å². The molecule has 1 atom stereocenters. The monoisotopic (exact) mass is 259 g/mol. The van der Waals surface area contributed by atoms with Gasteiger partial charge in [0.15, 0.2) is 0 Å². The Kier molecular flexibility index (Phi) is 5.15. The van der Waals surface area contributed by atoms with Crippen LogP contribution in [-0.2, 0) is 9.47 Å². The first-order valence-electron chi connectivity index (χ1n) is 6.80. The van der Waals surface area contributed by atoms with Crippen molar-refractivity contribution in [1.82, 2.24) is 4.90 Å². The fourth-order valence-electron chi connectivity index (χ4n) is 2.87. The van der Waals surface area contributed by atoms with E-state index in [9.17, 15) is 0 Å². The molecule has 100 valence electrons. The normalized spacial score (nSPS) is 30.4. The van der Waals surface area contributed by atoms with Crippen LogP contribution in [0.25, 0.3) is 0 Å². The second-order valence-corrected chi connectivity index (χ2v) is 5.69. The number of rotatable bonds is 4. The molecule has 2 fully saturated rings. The maximum absolute atomic E-state index is 5.57. The number of hydrogen-bond acceptors (Lipinski definition) is 4. The topological polar surface area (TPSA) is 21.7 Å². The van der Waals surface area contributed by atoms with E-state index in [1.807, 2.05) is 0 Å². The third-order valence-corrected chi connectivity index (χ3v) is 4.92. The van der Waals surface area contributed by atoms with Crippen molar-refractivity contribution in [2.75, 3.05) is 45.3 Å². The Bertz CT molecular complexity index is 231. The number of morpholine rings is 1. The van der Waals surface area contributed by atoms with Crippen LogP contribution >= 0.6 is 12.6 Å². The average Bonchev–Trinajstić information content (AvgIpc) is 2.40. The Balaban J connectivity index is 1.96. The summed E-state index contributed by atoms with van der Waals surface area (Å²) in [6.45, 7) is 8.09. The lowest BCUT2D eigenvalue weighted by Gasteiger charge is -2.44. The molecule has 2 rings (SSSR count). The number of nitrogens with zero attached hydrogens (tertiary/aromatic N) is 1. The van der Waals surface area contributed by atoms with Crippen LogP contribution in [0.1, 0.15) is 26.2 Å². The van der Waals surface area contributed by atoms with Crippen LogP contribution in [0.4, 0.5) is 0 Å². The molecular weight excluding hydrogens is 234 g/mol. The van der Waals surface area contributed by atoms with Crippen LogP contribution in [0.5, 0.6) is 0 Å². The van der Waals surface area contributed by atoms with Gasteiger partial charge in [-0.25, -0.2) is 0 Å². The maximum atomic E-state index is 5.57. The highest BCUT2D eigenvalue weighted by atomic mass is 32.1. The molecule has 2 aliphatic heterocycles. The molecule has 4 heteroatoms. The van der Waals surface area contributed by atoms with Gasteiger partial charge in [0.2, 0.25) is 0 Å². The molecule has 0 aliphatic carbocycles. The van der Waals surface area contributed by atoms with Gasteiger partial charge in [0.1, 0.15) is 0 Å². The molecule has 0 spiro atoms. The van der Waals surface area contributed by atoms with E-state index in [2.05, 4.69) is 24.5 Å². The zero-order chi connectivity index (χ0) is 12.1. The van der Waals surface area contributed by atoms with E-state index in [0.29, 0.717) is 11.5 Å². The molecule has 0 aromatic carbocycles. The van der Waals surface area contributed by atoms with E-state index in [1.54, 1.807) is 0 Å². The van der Waals surface area contributed by atoms with Crippen molar-refractivity contribution in [3.05, 3.63) is 0 Å². The van der Waals surface area contributed by atoms with Gasteiger partial charge in [-0.15, -0.1) is 0 Å². The summed E-state index contributed by atoms with van der Waals surface area (Å²) in [6.07, 6.45) is 3.49. The SMILES string of the molecule is CCC1COCCN1CC1(CS)CCOCC1. The summed E-state index contributed by atoms with van der Waals surface area (Å²) in [5.41, 5.74) is 0.367. The molecule has 0 bridgehead atoms. The molecule has 1 unspecified atom stereocenters. The number of ether oxygens (including phenoxy) is 2. The summed E-state index contributed by atoms with van der Waals surface area (Å²) in [5, 5.41) is 0. The van der Waals surface area contributed by atoms with Gasteiger partial charge in [-0.1, -0.05) is 6.92 Å². The Morgan fingerprint density at radius 2 is 2.00 bits per heavy atom. The number of hydrogen-bond donors (Lipinski definition) is 1. The Morgan fingerprint density at radius 3 is 2.65 bits per heavy atom. The lowest BCUT2D eigenvalue weighted by molar-refractivity contribution is -0.0480.